The molecule has 0 bridgehead atoms. The van der Waals surface area contributed by atoms with Crippen LogP contribution in [0.3, 0.4) is 0 Å². The average molecular weight is 515 g/mol. The monoisotopic (exact) mass is 514 g/mol. The van der Waals surface area contributed by atoms with Gasteiger partial charge in [0.25, 0.3) is 0 Å². The van der Waals surface area contributed by atoms with E-state index >= 15 is 8.78 Å². The maximum atomic E-state index is 15.2. The van der Waals surface area contributed by atoms with Gasteiger partial charge in [-0.15, -0.1) is 0 Å². The molecular formula is C32H41F3O2. The Balaban J connectivity index is 1.36. The summed E-state index contributed by atoms with van der Waals surface area (Å²) in [6.07, 6.45) is 10.3. The van der Waals surface area contributed by atoms with Gasteiger partial charge in [-0.1, -0.05) is 38.8 Å². The van der Waals surface area contributed by atoms with Gasteiger partial charge < -0.3 is 4.74 Å². The van der Waals surface area contributed by atoms with Crippen molar-refractivity contribution in [1.29, 1.82) is 0 Å². The lowest BCUT2D eigenvalue weighted by molar-refractivity contribution is -0.140. The van der Waals surface area contributed by atoms with Crippen molar-refractivity contribution in [1.82, 2.24) is 0 Å². The molecule has 0 N–H and O–H groups in total. The highest BCUT2D eigenvalue weighted by atomic mass is 19.2. The molecule has 2 saturated carbocycles. The highest BCUT2D eigenvalue weighted by molar-refractivity contribution is 5.75. The van der Waals surface area contributed by atoms with E-state index in [4.69, 9.17) is 4.74 Å². The van der Waals surface area contributed by atoms with Gasteiger partial charge in [0, 0.05) is 0 Å². The summed E-state index contributed by atoms with van der Waals surface area (Å²) in [5, 5.41) is 0. The molecule has 202 valence electrons. The zero-order valence-corrected chi connectivity index (χ0v) is 22.6. The van der Waals surface area contributed by atoms with Crippen LogP contribution in [-0.2, 0) is 11.2 Å². The molecule has 37 heavy (non-hydrogen) atoms. The molecule has 0 aromatic heterocycles. The first kappa shape index (κ1) is 27.7. The fourth-order valence-corrected chi connectivity index (χ4v) is 6.41. The van der Waals surface area contributed by atoms with Crippen molar-refractivity contribution in [2.45, 2.75) is 110 Å². The van der Waals surface area contributed by atoms with Crippen LogP contribution in [0, 0.1) is 36.2 Å². The maximum absolute atomic E-state index is 15.2. The van der Waals surface area contributed by atoms with Gasteiger partial charge in [-0.25, -0.2) is 8.78 Å². The van der Waals surface area contributed by atoms with Gasteiger partial charge in [-0.2, -0.15) is 4.39 Å². The number of carbonyl (C=O) groups is 1. The molecule has 0 heterocycles. The fraction of sp³-hybridized carbons (Fsp3) is 0.594. The van der Waals surface area contributed by atoms with Crippen LogP contribution in [0.4, 0.5) is 13.2 Å². The van der Waals surface area contributed by atoms with Gasteiger partial charge in [0.1, 0.15) is 5.82 Å². The van der Waals surface area contributed by atoms with E-state index in [1.807, 2.05) is 12.1 Å². The molecule has 2 fully saturated rings. The molecule has 0 unspecified atom stereocenters. The lowest BCUT2D eigenvalue weighted by Gasteiger charge is -2.30. The highest BCUT2D eigenvalue weighted by Gasteiger charge is 2.32. The highest BCUT2D eigenvalue weighted by Crippen LogP contribution is 2.42. The Bertz CT molecular complexity index is 1080. The number of hydrogen-bond acceptors (Lipinski definition) is 2. The zero-order valence-electron chi connectivity index (χ0n) is 22.6. The number of halogens is 3. The molecule has 4 rings (SSSR count). The molecule has 0 radical (unpaired) electrons. The van der Waals surface area contributed by atoms with Gasteiger partial charge >= 0.3 is 5.97 Å². The first-order valence-corrected chi connectivity index (χ1v) is 14.3. The number of benzene rings is 2. The van der Waals surface area contributed by atoms with Gasteiger partial charge in [0.15, 0.2) is 11.6 Å². The molecule has 0 saturated heterocycles. The Hall–Kier alpha value is -2.30. The second-order valence-electron chi connectivity index (χ2n) is 11.3. The van der Waals surface area contributed by atoms with Crippen molar-refractivity contribution in [2.24, 2.45) is 11.8 Å². The predicted molar refractivity (Wildman–Crippen MR) is 141 cm³/mol. The summed E-state index contributed by atoms with van der Waals surface area (Å²) < 4.78 is 50.1. The Kier molecular flexibility index (Phi) is 9.36. The zero-order chi connectivity index (χ0) is 26.5. The Morgan fingerprint density at radius 1 is 0.892 bits per heavy atom. The molecule has 5 heteroatoms. The number of carbonyl (C=O) groups excluding carboxylic acids is 1. The number of rotatable bonds is 8. The Morgan fingerprint density at radius 3 is 2.19 bits per heavy atom. The first-order chi connectivity index (χ1) is 17.8. The van der Waals surface area contributed by atoms with E-state index in [1.165, 1.54) is 6.07 Å². The summed E-state index contributed by atoms with van der Waals surface area (Å²) in [6, 6.07) is 7.03. The molecule has 2 aromatic carbocycles. The van der Waals surface area contributed by atoms with Crippen LogP contribution in [-0.4, -0.2) is 5.97 Å². The third-order valence-corrected chi connectivity index (χ3v) is 8.87. The van der Waals surface area contributed by atoms with Crippen LogP contribution in [0.2, 0.25) is 0 Å². The largest absolute Gasteiger partial charge is 0.423 e. The smallest absolute Gasteiger partial charge is 0.314 e. The Morgan fingerprint density at radius 2 is 1.57 bits per heavy atom. The van der Waals surface area contributed by atoms with Crippen molar-refractivity contribution in [3.8, 4) is 5.75 Å². The molecular weight excluding hydrogens is 473 g/mol. The van der Waals surface area contributed by atoms with E-state index < -0.39 is 17.6 Å². The molecule has 0 atom stereocenters. The number of esters is 1. The van der Waals surface area contributed by atoms with E-state index in [1.54, 1.807) is 13.0 Å². The molecule has 2 aliphatic rings. The minimum absolute atomic E-state index is 0.0166. The van der Waals surface area contributed by atoms with Crippen molar-refractivity contribution >= 4 is 5.97 Å². The van der Waals surface area contributed by atoms with Crippen LogP contribution in [0.5, 0.6) is 5.75 Å². The summed E-state index contributed by atoms with van der Waals surface area (Å²) in [5.41, 5.74) is 2.82. The SMILES string of the molecule is CCCCc1ccc(C2CCC(C(=O)Oc3cc(C)c(C4CCC(CC)CC4)c(F)c3F)CC2)cc1F. The van der Waals surface area contributed by atoms with Gasteiger partial charge in [0.2, 0.25) is 5.82 Å². The summed E-state index contributed by atoms with van der Waals surface area (Å²) in [7, 11) is 0. The number of aryl methyl sites for hydroxylation is 2. The van der Waals surface area contributed by atoms with Gasteiger partial charge in [0.05, 0.1) is 5.92 Å². The van der Waals surface area contributed by atoms with E-state index in [-0.39, 0.29) is 29.3 Å². The van der Waals surface area contributed by atoms with Crippen molar-refractivity contribution in [3.05, 3.63) is 64.0 Å². The number of ether oxygens (including phenoxy) is 1. The molecule has 2 aliphatic carbocycles. The van der Waals surface area contributed by atoms with Crippen LogP contribution in [0.1, 0.15) is 119 Å². The number of hydrogen-bond donors (Lipinski definition) is 0. The molecule has 0 spiro atoms. The normalized spacial score (nSPS) is 24.2. The van der Waals surface area contributed by atoms with Crippen LogP contribution < -0.4 is 4.74 Å². The van der Waals surface area contributed by atoms with Crippen LogP contribution in [0.25, 0.3) is 0 Å². The predicted octanol–water partition coefficient (Wildman–Crippen LogP) is 9.32. The van der Waals surface area contributed by atoms with E-state index in [0.717, 1.165) is 75.3 Å². The molecule has 2 nitrogen and oxygen atoms in total. The van der Waals surface area contributed by atoms with Crippen molar-refractivity contribution in [2.75, 3.05) is 0 Å². The summed E-state index contributed by atoms with van der Waals surface area (Å²) in [6.45, 7) is 6.05. The average Bonchev–Trinajstić information content (AvgIpc) is 2.91. The standard InChI is InChI=1S/C32H41F3O2/c1-4-6-7-23-14-17-26(19-27(23)33)22-12-15-25(16-13-22)32(36)37-28-18-20(3)29(31(35)30(28)34)24-10-8-21(5-2)9-11-24/h14,17-19,21-22,24-25H,4-13,15-16H2,1-3H3. The Labute approximate surface area is 220 Å². The third-order valence-electron chi connectivity index (χ3n) is 8.87. The lowest BCUT2D eigenvalue weighted by atomic mass is 9.76. The van der Waals surface area contributed by atoms with Gasteiger partial charge in [-0.3, -0.25) is 4.79 Å². The minimum Gasteiger partial charge on any atom is -0.423 e. The maximum Gasteiger partial charge on any atom is 0.314 e. The summed E-state index contributed by atoms with van der Waals surface area (Å²) >= 11 is 0. The molecule has 0 amide bonds. The lowest BCUT2D eigenvalue weighted by Crippen LogP contribution is -2.26. The topological polar surface area (TPSA) is 26.3 Å². The van der Waals surface area contributed by atoms with E-state index in [0.29, 0.717) is 29.9 Å². The summed E-state index contributed by atoms with van der Waals surface area (Å²) in [4.78, 5) is 12.9. The van der Waals surface area contributed by atoms with Crippen LogP contribution in [0.15, 0.2) is 24.3 Å². The minimum atomic E-state index is -1.06. The number of unbranched alkanes of at least 4 members (excludes halogenated alkanes) is 1. The molecule has 2 aromatic rings. The van der Waals surface area contributed by atoms with E-state index in [2.05, 4.69) is 13.8 Å². The van der Waals surface area contributed by atoms with E-state index in [9.17, 15) is 9.18 Å². The quantitative estimate of drug-likeness (QED) is 0.259. The second-order valence-corrected chi connectivity index (χ2v) is 11.3. The second kappa shape index (κ2) is 12.5. The first-order valence-electron chi connectivity index (χ1n) is 14.3. The van der Waals surface area contributed by atoms with Crippen LogP contribution >= 0.6 is 0 Å². The summed E-state index contributed by atoms with van der Waals surface area (Å²) in [5.74, 6) is -2.37. The van der Waals surface area contributed by atoms with Crippen molar-refractivity contribution < 1.29 is 22.7 Å². The van der Waals surface area contributed by atoms with Crippen molar-refractivity contribution in [3.63, 3.8) is 0 Å². The van der Waals surface area contributed by atoms with Gasteiger partial charge in [-0.05, 0) is 123 Å². The molecule has 0 aliphatic heterocycles. The fourth-order valence-electron chi connectivity index (χ4n) is 6.41. The third kappa shape index (κ3) is 6.41.